The molecule has 4 rings (SSSR count). The molecule has 1 aromatic heterocycles. The van der Waals surface area contributed by atoms with E-state index in [4.69, 9.17) is 4.74 Å². The molecule has 2 aromatic rings. The second-order valence-corrected chi connectivity index (χ2v) is 12.8. The SMILES string of the molecule is CO[C@@H]1CN[C@@H](C(=O)Nc2cc(C(CCC3CC3)(N[S@](=O)C(C)(C)C)c3ccncc3)ccc2F)C1. The van der Waals surface area contributed by atoms with Crippen molar-refractivity contribution in [2.24, 2.45) is 5.92 Å². The molecule has 1 unspecified atom stereocenters. The Morgan fingerprint density at radius 3 is 2.53 bits per heavy atom. The molecule has 36 heavy (non-hydrogen) atoms. The average molecular weight is 517 g/mol. The van der Waals surface area contributed by atoms with Gasteiger partial charge in [-0.05, 0) is 81.3 Å². The van der Waals surface area contributed by atoms with Crippen molar-refractivity contribution in [3.05, 3.63) is 59.7 Å². The molecule has 1 aromatic carbocycles. The molecule has 4 atom stereocenters. The van der Waals surface area contributed by atoms with E-state index in [1.54, 1.807) is 31.6 Å². The Kier molecular flexibility index (Phi) is 8.24. The minimum Gasteiger partial charge on any atom is -0.380 e. The quantitative estimate of drug-likeness (QED) is 0.444. The molecule has 0 bridgehead atoms. The highest BCUT2D eigenvalue weighted by Gasteiger charge is 2.40. The van der Waals surface area contributed by atoms with Gasteiger partial charge in [-0.15, -0.1) is 0 Å². The van der Waals surface area contributed by atoms with Crippen LogP contribution in [0.5, 0.6) is 0 Å². The smallest absolute Gasteiger partial charge is 0.241 e. The molecule has 2 fully saturated rings. The van der Waals surface area contributed by atoms with Gasteiger partial charge in [0.1, 0.15) is 5.82 Å². The number of halogens is 1. The van der Waals surface area contributed by atoms with Gasteiger partial charge >= 0.3 is 0 Å². The van der Waals surface area contributed by atoms with E-state index in [9.17, 15) is 13.4 Å². The average Bonchev–Trinajstić information content (AvgIpc) is 3.56. The summed E-state index contributed by atoms with van der Waals surface area (Å²) < 4.78 is 36.7. The molecule has 1 aliphatic carbocycles. The zero-order chi connectivity index (χ0) is 25.9. The Bertz CT molecular complexity index is 1090. The number of anilines is 1. The number of hydrogen-bond acceptors (Lipinski definition) is 5. The van der Waals surface area contributed by atoms with Crippen LogP contribution in [-0.2, 0) is 26.1 Å². The maximum atomic E-state index is 15.0. The first-order chi connectivity index (χ1) is 17.1. The van der Waals surface area contributed by atoms with Crippen molar-refractivity contribution in [3.8, 4) is 0 Å². The van der Waals surface area contributed by atoms with Crippen molar-refractivity contribution in [1.29, 1.82) is 0 Å². The fourth-order valence-electron chi connectivity index (χ4n) is 4.59. The summed E-state index contributed by atoms with van der Waals surface area (Å²) in [5.41, 5.74) is 0.912. The number of benzene rings is 1. The molecule has 1 amide bonds. The summed E-state index contributed by atoms with van der Waals surface area (Å²) in [7, 11) is 0.209. The lowest BCUT2D eigenvalue weighted by atomic mass is 9.79. The molecule has 1 saturated heterocycles. The molecule has 7 nitrogen and oxygen atoms in total. The minimum atomic E-state index is -1.41. The van der Waals surface area contributed by atoms with Crippen molar-refractivity contribution in [3.63, 3.8) is 0 Å². The molecule has 196 valence electrons. The number of methoxy groups -OCH3 is 1. The Balaban J connectivity index is 1.72. The molecule has 3 N–H and O–H groups in total. The molecule has 9 heteroatoms. The number of hydrogen-bond donors (Lipinski definition) is 3. The zero-order valence-corrected chi connectivity index (χ0v) is 22.3. The third-order valence-electron chi connectivity index (χ3n) is 7.08. The van der Waals surface area contributed by atoms with Crippen molar-refractivity contribution >= 4 is 22.6 Å². The molecular weight excluding hydrogens is 479 g/mol. The highest BCUT2D eigenvalue weighted by molar-refractivity contribution is 7.84. The van der Waals surface area contributed by atoms with E-state index < -0.39 is 33.1 Å². The van der Waals surface area contributed by atoms with Gasteiger partial charge < -0.3 is 15.4 Å². The topological polar surface area (TPSA) is 92.4 Å². The van der Waals surface area contributed by atoms with Crippen LogP contribution in [0.15, 0.2) is 42.7 Å². The van der Waals surface area contributed by atoms with Crippen molar-refractivity contribution in [2.45, 2.75) is 75.3 Å². The first-order valence-electron chi connectivity index (χ1n) is 12.6. The van der Waals surface area contributed by atoms with E-state index in [1.807, 2.05) is 32.9 Å². The summed E-state index contributed by atoms with van der Waals surface area (Å²) in [6.45, 7) is 6.34. The van der Waals surface area contributed by atoms with Gasteiger partial charge in [-0.2, -0.15) is 0 Å². The predicted molar refractivity (Wildman–Crippen MR) is 140 cm³/mol. The summed E-state index contributed by atoms with van der Waals surface area (Å²) in [5, 5.41) is 5.90. The van der Waals surface area contributed by atoms with Gasteiger partial charge in [0.15, 0.2) is 0 Å². The molecule has 0 radical (unpaired) electrons. The summed E-state index contributed by atoms with van der Waals surface area (Å²) in [4.78, 5) is 17.1. The van der Waals surface area contributed by atoms with Crippen LogP contribution >= 0.6 is 0 Å². The molecule has 1 saturated carbocycles. The van der Waals surface area contributed by atoms with Crippen molar-refractivity contribution in [2.75, 3.05) is 19.0 Å². The Hall–Kier alpha value is -2.20. The van der Waals surface area contributed by atoms with Crippen LogP contribution in [0.4, 0.5) is 10.1 Å². The maximum absolute atomic E-state index is 15.0. The molecule has 2 aliphatic rings. The Morgan fingerprint density at radius 1 is 1.19 bits per heavy atom. The van der Waals surface area contributed by atoms with E-state index in [1.165, 1.54) is 18.9 Å². The maximum Gasteiger partial charge on any atom is 0.241 e. The fraction of sp³-hybridized carbons (Fsp3) is 0.556. The van der Waals surface area contributed by atoms with Crippen LogP contribution in [0, 0.1) is 11.7 Å². The number of nitrogens with zero attached hydrogens (tertiary/aromatic N) is 1. The Labute approximate surface area is 215 Å². The van der Waals surface area contributed by atoms with E-state index in [2.05, 4.69) is 20.3 Å². The van der Waals surface area contributed by atoms with Crippen LogP contribution in [-0.4, -0.2) is 45.6 Å². The summed E-state index contributed by atoms with van der Waals surface area (Å²) in [6, 6.07) is 8.14. The number of ether oxygens (including phenoxy) is 1. The largest absolute Gasteiger partial charge is 0.380 e. The number of rotatable bonds is 10. The summed E-state index contributed by atoms with van der Waals surface area (Å²) in [5.74, 6) is -0.182. The van der Waals surface area contributed by atoms with Crippen LogP contribution in [0.25, 0.3) is 0 Å². The number of nitrogens with one attached hydrogen (secondary N) is 3. The monoisotopic (exact) mass is 516 g/mol. The van der Waals surface area contributed by atoms with Gasteiger partial charge in [0.05, 0.1) is 39.1 Å². The van der Waals surface area contributed by atoms with Gasteiger partial charge in [-0.3, -0.25) is 9.78 Å². The summed E-state index contributed by atoms with van der Waals surface area (Å²) >= 11 is 0. The molecular formula is C27H37FN4O3S. The Morgan fingerprint density at radius 2 is 1.92 bits per heavy atom. The number of carbonyl (C=O) groups is 1. The third kappa shape index (κ3) is 6.19. The normalized spacial score (nSPS) is 22.7. The first kappa shape index (κ1) is 26.9. The van der Waals surface area contributed by atoms with Gasteiger partial charge in [-0.25, -0.2) is 13.3 Å². The lowest BCUT2D eigenvalue weighted by molar-refractivity contribution is -0.118. The lowest BCUT2D eigenvalue weighted by Crippen LogP contribution is -2.49. The van der Waals surface area contributed by atoms with Crippen LogP contribution in [0.2, 0.25) is 0 Å². The van der Waals surface area contributed by atoms with E-state index in [0.717, 1.165) is 17.5 Å². The van der Waals surface area contributed by atoms with E-state index in [-0.39, 0.29) is 17.7 Å². The molecule has 1 aliphatic heterocycles. The fourth-order valence-corrected chi connectivity index (χ4v) is 5.55. The number of amides is 1. The van der Waals surface area contributed by atoms with Gasteiger partial charge in [0, 0.05) is 26.0 Å². The zero-order valence-electron chi connectivity index (χ0n) is 21.5. The standard InChI is InChI=1S/C27H37FN4O3S/c1-26(2,3)36(34)32-27(12-9-18-5-6-18,19-10-13-29-14-11-19)20-7-8-22(28)23(15-20)31-25(33)24-16-21(35-4)17-30-24/h7-8,10-11,13-15,18,21,24,30,32H,5-6,9,12,16-17H2,1-4H3,(H,31,33)/t21-,24+,27?,36+/m0/s1. The van der Waals surface area contributed by atoms with Crippen molar-refractivity contribution < 1.29 is 18.1 Å². The molecule has 2 heterocycles. The van der Waals surface area contributed by atoms with Gasteiger partial charge in [-0.1, -0.05) is 18.9 Å². The van der Waals surface area contributed by atoms with Crippen LogP contribution in [0.3, 0.4) is 0 Å². The van der Waals surface area contributed by atoms with Gasteiger partial charge in [0.25, 0.3) is 0 Å². The molecule has 0 spiro atoms. The van der Waals surface area contributed by atoms with E-state index >= 15 is 0 Å². The number of aromatic nitrogens is 1. The highest BCUT2D eigenvalue weighted by Crippen LogP contribution is 2.42. The van der Waals surface area contributed by atoms with Crippen LogP contribution in [0.1, 0.15) is 64.0 Å². The number of pyridine rings is 1. The highest BCUT2D eigenvalue weighted by atomic mass is 32.2. The number of carbonyl (C=O) groups excluding carboxylic acids is 1. The third-order valence-corrected chi connectivity index (χ3v) is 8.72. The van der Waals surface area contributed by atoms with Gasteiger partial charge in [0.2, 0.25) is 5.91 Å². The van der Waals surface area contributed by atoms with Crippen molar-refractivity contribution in [1.82, 2.24) is 15.0 Å². The van der Waals surface area contributed by atoms with E-state index in [0.29, 0.717) is 25.3 Å². The first-order valence-corrected chi connectivity index (χ1v) is 13.7. The minimum absolute atomic E-state index is 0.0460. The second kappa shape index (κ2) is 11.0. The summed E-state index contributed by atoms with van der Waals surface area (Å²) in [6.07, 6.45) is 7.92. The van der Waals surface area contributed by atoms with Crippen LogP contribution < -0.4 is 15.4 Å². The predicted octanol–water partition coefficient (Wildman–Crippen LogP) is 4.02. The second-order valence-electron chi connectivity index (χ2n) is 10.8. The lowest BCUT2D eigenvalue weighted by Gasteiger charge is -2.38.